The van der Waals surface area contributed by atoms with Crippen LogP contribution in [0.25, 0.3) is 0 Å². The smallest absolute Gasteiger partial charge is 0.246 e. The number of carbonyl (C=O) groups is 7. The van der Waals surface area contributed by atoms with Crippen LogP contribution in [0.4, 0.5) is 0 Å². The highest BCUT2D eigenvalue weighted by Gasteiger charge is 2.39. The van der Waals surface area contributed by atoms with Crippen LogP contribution in [0.2, 0.25) is 0 Å². The molecular formula is C29H52N8O10S. The van der Waals surface area contributed by atoms with Gasteiger partial charge in [-0.05, 0) is 51.0 Å². The van der Waals surface area contributed by atoms with Crippen molar-refractivity contribution in [2.45, 2.75) is 94.7 Å². The van der Waals surface area contributed by atoms with E-state index in [1.54, 1.807) is 0 Å². The minimum atomic E-state index is -1.48. The van der Waals surface area contributed by atoms with Gasteiger partial charge >= 0.3 is 0 Å². The normalized spacial score (nSPS) is 18.1. The predicted octanol–water partition coefficient (Wildman–Crippen LogP) is -4.99. The third-order valence-electron chi connectivity index (χ3n) is 7.60. The average Bonchev–Trinajstić information content (AvgIpc) is 3.56. The Kier molecular flexibility index (Phi) is 19.8. The number of aldehydes is 1. The second-order valence-electron chi connectivity index (χ2n) is 11.9. The molecule has 0 saturated carbocycles. The van der Waals surface area contributed by atoms with Crippen LogP contribution in [0.3, 0.4) is 0 Å². The maximum absolute atomic E-state index is 13.5. The summed E-state index contributed by atoms with van der Waals surface area (Å²) in [7, 11) is 0. The van der Waals surface area contributed by atoms with E-state index in [4.69, 9.17) is 16.6 Å². The number of likely N-dealkylation sites (tertiary alicyclic amines) is 1. The first-order valence-electron chi connectivity index (χ1n) is 15.9. The topological polar surface area (TPSA) is 296 Å². The number of hydrogen-bond donors (Lipinski definition) is 11. The minimum absolute atomic E-state index is 0.0959. The molecule has 0 aromatic heterocycles. The molecule has 0 radical (unpaired) electrons. The van der Waals surface area contributed by atoms with Gasteiger partial charge in [0.1, 0.15) is 42.5 Å². The number of amides is 6. The number of hydrogen-bond acceptors (Lipinski definition) is 13. The third-order valence-corrected chi connectivity index (χ3v) is 7.97. The van der Waals surface area contributed by atoms with Crippen LogP contribution in [0.1, 0.15) is 52.4 Å². The zero-order valence-electron chi connectivity index (χ0n) is 27.4. The van der Waals surface area contributed by atoms with Crippen LogP contribution >= 0.6 is 12.6 Å². The van der Waals surface area contributed by atoms with Crippen molar-refractivity contribution in [1.29, 1.82) is 0 Å². The number of nitrogens with zero attached hydrogens (tertiary/aromatic N) is 1. The SMILES string of the molecule is CC(C)C[C@H](NC(=O)[C@@H]1CCCN1C(=O)[C@H](CS)NC(=O)[C@H](CO)NC(=O)[C@@H](N)CO)C(=O)N[C@@H](CO)C(=O)N[C@H](C=O)CCCCN. The van der Waals surface area contributed by atoms with Crippen LogP contribution in [-0.4, -0.2) is 143 Å². The number of aliphatic hydroxyl groups is 3. The molecule has 1 rings (SSSR count). The molecule has 48 heavy (non-hydrogen) atoms. The molecule has 0 spiro atoms. The first kappa shape index (κ1) is 42.7. The largest absolute Gasteiger partial charge is 0.394 e. The fourth-order valence-corrected chi connectivity index (χ4v) is 5.17. The van der Waals surface area contributed by atoms with Crippen LogP contribution in [0.5, 0.6) is 0 Å². The highest BCUT2D eigenvalue weighted by atomic mass is 32.1. The lowest BCUT2D eigenvalue weighted by Crippen LogP contribution is -2.60. The van der Waals surface area contributed by atoms with Crippen LogP contribution in [0, 0.1) is 5.92 Å². The van der Waals surface area contributed by atoms with Gasteiger partial charge in [0.05, 0.1) is 25.9 Å². The second-order valence-corrected chi connectivity index (χ2v) is 12.3. The highest BCUT2D eigenvalue weighted by Crippen LogP contribution is 2.20. The quantitative estimate of drug-likeness (QED) is 0.0287. The Balaban J connectivity index is 2.99. The first-order valence-corrected chi connectivity index (χ1v) is 16.6. The van der Waals surface area contributed by atoms with Gasteiger partial charge < -0.3 is 63.1 Å². The van der Waals surface area contributed by atoms with E-state index in [0.717, 1.165) is 0 Å². The van der Waals surface area contributed by atoms with Crippen molar-refractivity contribution in [2.75, 3.05) is 38.7 Å². The average molecular weight is 705 g/mol. The van der Waals surface area contributed by atoms with E-state index in [1.807, 2.05) is 13.8 Å². The molecule has 1 saturated heterocycles. The summed E-state index contributed by atoms with van der Waals surface area (Å²) < 4.78 is 0. The van der Waals surface area contributed by atoms with Gasteiger partial charge in [-0.25, -0.2) is 0 Å². The van der Waals surface area contributed by atoms with Gasteiger partial charge in [0, 0.05) is 12.3 Å². The predicted molar refractivity (Wildman–Crippen MR) is 176 cm³/mol. The van der Waals surface area contributed by atoms with Crippen molar-refractivity contribution < 1.29 is 48.9 Å². The Morgan fingerprint density at radius 1 is 0.833 bits per heavy atom. The van der Waals surface area contributed by atoms with E-state index in [1.165, 1.54) is 4.90 Å². The Labute approximate surface area is 285 Å². The minimum Gasteiger partial charge on any atom is -0.394 e. The van der Waals surface area contributed by atoms with Crippen LogP contribution < -0.4 is 38.1 Å². The molecule has 19 heteroatoms. The summed E-state index contributed by atoms with van der Waals surface area (Å²) >= 11 is 4.15. The molecule has 12 N–H and O–H groups in total. The zero-order valence-corrected chi connectivity index (χ0v) is 28.3. The van der Waals surface area contributed by atoms with Gasteiger partial charge in [0.25, 0.3) is 0 Å². The lowest BCUT2D eigenvalue weighted by atomic mass is 10.0. The van der Waals surface area contributed by atoms with E-state index >= 15 is 0 Å². The maximum Gasteiger partial charge on any atom is 0.246 e. The molecule has 1 aliphatic rings. The van der Waals surface area contributed by atoms with Crippen LogP contribution in [-0.2, 0) is 33.6 Å². The molecule has 18 nitrogen and oxygen atoms in total. The van der Waals surface area contributed by atoms with Crippen molar-refractivity contribution >= 4 is 54.4 Å². The number of thiol groups is 1. The van der Waals surface area contributed by atoms with E-state index in [2.05, 4.69) is 39.2 Å². The molecule has 7 atom stereocenters. The zero-order chi connectivity index (χ0) is 36.4. The number of nitrogens with two attached hydrogens (primary N) is 2. The van der Waals surface area contributed by atoms with E-state index in [-0.39, 0.29) is 31.1 Å². The van der Waals surface area contributed by atoms with Crippen molar-refractivity contribution in [3.63, 3.8) is 0 Å². The molecule has 1 heterocycles. The molecule has 0 aliphatic carbocycles. The molecule has 1 fully saturated rings. The Morgan fingerprint density at radius 2 is 1.40 bits per heavy atom. The van der Waals surface area contributed by atoms with Crippen molar-refractivity contribution in [2.24, 2.45) is 17.4 Å². The molecule has 274 valence electrons. The second kappa shape index (κ2) is 22.3. The van der Waals surface area contributed by atoms with Crippen molar-refractivity contribution in [3.8, 4) is 0 Å². The summed E-state index contributed by atoms with van der Waals surface area (Å²) in [5, 5.41) is 40.6. The van der Waals surface area contributed by atoms with Crippen LogP contribution in [0.15, 0.2) is 0 Å². The monoisotopic (exact) mass is 704 g/mol. The fourth-order valence-electron chi connectivity index (χ4n) is 4.92. The summed E-state index contributed by atoms with van der Waals surface area (Å²) in [6.07, 6.45) is 2.95. The number of aliphatic hydroxyl groups excluding tert-OH is 3. The van der Waals surface area contributed by atoms with Gasteiger partial charge in [-0.2, -0.15) is 12.6 Å². The summed E-state index contributed by atoms with van der Waals surface area (Å²) in [6, 6.07) is -8.48. The van der Waals surface area contributed by atoms with Gasteiger partial charge in [-0.1, -0.05) is 13.8 Å². The van der Waals surface area contributed by atoms with Gasteiger partial charge in [0.2, 0.25) is 35.4 Å². The Hall–Kier alpha value is -3.36. The molecule has 0 aromatic rings. The lowest BCUT2D eigenvalue weighted by Gasteiger charge is -2.30. The highest BCUT2D eigenvalue weighted by molar-refractivity contribution is 7.80. The molecule has 0 aromatic carbocycles. The summed E-state index contributed by atoms with van der Waals surface area (Å²) in [5.74, 6) is -4.97. The van der Waals surface area contributed by atoms with Crippen molar-refractivity contribution in [1.82, 2.24) is 31.5 Å². The molecule has 0 unspecified atom stereocenters. The van der Waals surface area contributed by atoms with Crippen molar-refractivity contribution in [3.05, 3.63) is 0 Å². The number of nitrogens with one attached hydrogen (secondary N) is 5. The number of rotatable bonds is 22. The van der Waals surface area contributed by atoms with E-state index in [0.29, 0.717) is 38.5 Å². The number of unbranched alkanes of at least 4 members (excludes halogenated alkanes) is 1. The summed E-state index contributed by atoms with van der Waals surface area (Å²) in [4.78, 5) is 90.4. The van der Waals surface area contributed by atoms with Gasteiger partial charge in [-0.3, -0.25) is 28.8 Å². The van der Waals surface area contributed by atoms with Gasteiger partial charge in [-0.15, -0.1) is 0 Å². The summed E-state index contributed by atoms with van der Waals surface area (Å²) in [6.45, 7) is 1.89. The summed E-state index contributed by atoms with van der Waals surface area (Å²) in [5.41, 5.74) is 10.9. The third kappa shape index (κ3) is 13.6. The number of carbonyl (C=O) groups excluding carboxylic acids is 7. The first-order chi connectivity index (χ1) is 22.8. The lowest BCUT2D eigenvalue weighted by molar-refractivity contribution is -0.142. The molecule has 0 bridgehead atoms. The molecule has 1 aliphatic heterocycles. The van der Waals surface area contributed by atoms with E-state index in [9.17, 15) is 43.8 Å². The Bertz CT molecular complexity index is 1100. The Morgan fingerprint density at radius 3 is 1.92 bits per heavy atom. The molecule has 6 amide bonds. The molecular weight excluding hydrogens is 652 g/mol. The standard InChI is InChI=1S/C29H52N8O10S/c1-16(2)10-19(25(43)35-20(13-40)26(44)32-17(11-38)6-3-4-8-30)33-28(46)23-7-5-9-37(23)29(47)22(15-48)36-27(45)21(14-41)34-24(42)18(31)12-39/h11,16-23,39-41,48H,3-10,12-15,30-31H2,1-2H3,(H,32,44)(H,33,46)(H,34,42)(H,35,43)(H,36,45)/t17-,18-,19-,20-,21-,22-,23-/m0/s1. The fraction of sp³-hybridized carbons (Fsp3) is 0.759. The maximum atomic E-state index is 13.5. The van der Waals surface area contributed by atoms with E-state index < -0.39 is 97.6 Å². The van der Waals surface area contributed by atoms with Gasteiger partial charge in [0.15, 0.2) is 0 Å².